The Morgan fingerprint density at radius 2 is 1.52 bits per heavy atom. The maximum absolute atomic E-state index is 12.5. The van der Waals surface area contributed by atoms with Crippen LogP contribution in [0, 0.1) is 0 Å². The number of hydrogen-bond donors (Lipinski definition) is 0. The maximum atomic E-state index is 12.5. The van der Waals surface area contributed by atoms with E-state index in [-0.39, 0.29) is 5.78 Å². The molecule has 0 aliphatic carbocycles. The monoisotopic (exact) mass is 322 g/mol. The molecule has 0 atom stereocenters. The molecule has 0 saturated heterocycles. The first-order valence-electron chi connectivity index (χ1n) is 6.54. The van der Waals surface area contributed by atoms with Gasteiger partial charge in [-0.3, -0.25) is 4.79 Å². The zero-order valence-corrected chi connectivity index (χ0v) is 12.6. The van der Waals surface area contributed by atoms with E-state index in [0.717, 1.165) is 6.42 Å². The third-order valence-corrected chi connectivity index (χ3v) is 3.93. The molecule has 0 unspecified atom stereocenters. The first-order chi connectivity index (χ1) is 10.1. The fourth-order valence-corrected chi connectivity index (χ4v) is 2.41. The molecular weight excluding hydrogens is 311 g/mol. The zero-order chi connectivity index (χ0) is 14.8. The normalized spacial score (nSPS) is 13.6. The molecule has 108 valence electrons. The number of benzene rings is 2. The van der Waals surface area contributed by atoms with Crippen molar-refractivity contribution in [3.8, 4) is 11.5 Å². The summed E-state index contributed by atoms with van der Waals surface area (Å²) in [5, 5.41) is 0.781. The Bertz CT molecular complexity index is 698. The number of rotatable bonds is 2. The molecule has 3 rings (SSSR count). The Balaban J connectivity index is 1.94. The Morgan fingerprint density at radius 1 is 0.857 bits per heavy atom. The van der Waals surface area contributed by atoms with Crippen LogP contribution in [-0.2, 0) is 0 Å². The van der Waals surface area contributed by atoms with Crippen LogP contribution in [0.5, 0.6) is 11.5 Å². The van der Waals surface area contributed by atoms with Crippen molar-refractivity contribution in [2.24, 2.45) is 0 Å². The van der Waals surface area contributed by atoms with Gasteiger partial charge in [-0.05, 0) is 36.4 Å². The van der Waals surface area contributed by atoms with Crippen LogP contribution >= 0.6 is 23.2 Å². The topological polar surface area (TPSA) is 35.5 Å². The number of carbonyl (C=O) groups is 1. The Labute approximate surface area is 132 Å². The molecule has 0 spiro atoms. The number of hydrogen-bond acceptors (Lipinski definition) is 3. The van der Waals surface area contributed by atoms with Crippen molar-refractivity contribution in [2.75, 3.05) is 13.2 Å². The van der Waals surface area contributed by atoms with Crippen LogP contribution < -0.4 is 9.47 Å². The van der Waals surface area contributed by atoms with Crippen molar-refractivity contribution in [1.29, 1.82) is 0 Å². The van der Waals surface area contributed by atoms with Crippen molar-refractivity contribution in [3.05, 3.63) is 57.6 Å². The van der Waals surface area contributed by atoms with E-state index in [0.29, 0.717) is 45.9 Å². The van der Waals surface area contributed by atoms with E-state index >= 15 is 0 Å². The molecule has 0 fully saturated rings. The van der Waals surface area contributed by atoms with Crippen molar-refractivity contribution in [2.45, 2.75) is 6.42 Å². The summed E-state index contributed by atoms with van der Waals surface area (Å²) in [7, 11) is 0. The molecule has 1 heterocycles. The van der Waals surface area contributed by atoms with Crippen molar-refractivity contribution in [1.82, 2.24) is 0 Å². The molecule has 0 bridgehead atoms. The Hall–Kier alpha value is -1.71. The van der Waals surface area contributed by atoms with Crippen molar-refractivity contribution < 1.29 is 14.3 Å². The molecule has 5 heteroatoms. The van der Waals surface area contributed by atoms with E-state index < -0.39 is 0 Å². The zero-order valence-electron chi connectivity index (χ0n) is 11.1. The molecule has 21 heavy (non-hydrogen) atoms. The first kappa shape index (κ1) is 14.2. The van der Waals surface area contributed by atoms with Crippen LogP contribution in [0.3, 0.4) is 0 Å². The summed E-state index contributed by atoms with van der Waals surface area (Å²) in [6, 6.07) is 10.0. The highest BCUT2D eigenvalue weighted by atomic mass is 35.5. The first-order valence-corrected chi connectivity index (χ1v) is 7.30. The summed E-state index contributed by atoms with van der Waals surface area (Å²) < 4.78 is 11.1. The van der Waals surface area contributed by atoms with E-state index in [4.69, 9.17) is 32.7 Å². The lowest BCUT2D eigenvalue weighted by Gasteiger charge is -2.09. The smallest absolute Gasteiger partial charge is 0.193 e. The predicted octanol–water partition coefficient (Wildman–Crippen LogP) is 4.39. The molecule has 2 aromatic rings. The molecule has 0 amide bonds. The Morgan fingerprint density at radius 3 is 2.29 bits per heavy atom. The summed E-state index contributed by atoms with van der Waals surface area (Å²) in [6.45, 7) is 1.20. The minimum Gasteiger partial charge on any atom is -0.490 e. The van der Waals surface area contributed by atoms with Crippen LogP contribution in [0.2, 0.25) is 10.0 Å². The minimum absolute atomic E-state index is 0.135. The summed E-state index contributed by atoms with van der Waals surface area (Å²) >= 11 is 11.8. The van der Waals surface area contributed by atoms with Gasteiger partial charge in [-0.25, -0.2) is 0 Å². The van der Waals surface area contributed by atoms with E-state index in [1.54, 1.807) is 36.4 Å². The van der Waals surface area contributed by atoms with Gasteiger partial charge in [0, 0.05) is 17.5 Å². The standard InChI is InChI=1S/C16H12Cl2O3/c17-12-4-2-10(8-13(12)18)16(19)11-3-5-14-15(9-11)21-7-1-6-20-14/h2-5,8-9H,1,6-7H2. The van der Waals surface area contributed by atoms with E-state index in [1.165, 1.54) is 0 Å². The largest absolute Gasteiger partial charge is 0.490 e. The lowest BCUT2D eigenvalue weighted by atomic mass is 10.0. The molecule has 1 aliphatic heterocycles. The van der Waals surface area contributed by atoms with Gasteiger partial charge in [0.15, 0.2) is 17.3 Å². The average Bonchev–Trinajstić information content (AvgIpc) is 2.73. The summed E-state index contributed by atoms with van der Waals surface area (Å²) in [4.78, 5) is 12.5. The molecule has 0 radical (unpaired) electrons. The van der Waals surface area contributed by atoms with Crippen LogP contribution in [0.1, 0.15) is 22.3 Å². The second kappa shape index (κ2) is 5.96. The second-order valence-electron chi connectivity index (χ2n) is 4.67. The second-order valence-corrected chi connectivity index (χ2v) is 5.48. The van der Waals surface area contributed by atoms with Crippen LogP contribution in [0.15, 0.2) is 36.4 Å². The molecule has 0 N–H and O–H groups in total. The molecular formula is C16H12Cl2O3. The molecule has 0 saturated carbocycles. The highest BCUT2D eigenvalue weighted by Crippen LogP contribution is 2.31. The van der Waals surface area contributed by atoms with Crippen molar-refractivity contribution >= 4 is 29.0 Å². The Kier molecular flexibility index (Phi) is 4.04. The average molecular weight is 323 g/mol. The van der Waals surface area contributed by atoms with Crippen LogP contribution in [0.25, 0.3) is 0 Å². The van der Waals surface area contributed by atoms with Gasteiger partial charge in [0.2, 0.25) is 0 Å². The lowest BCUT2D eigenvalue weighted by Crippen LogP contribution is -2.02. The van der Waals surface area contributed by atoms with Gasteiger partial charge in [0.05, 0.1) is 23.3 Å². The number of carbonyl (C=O) groups excluding carboxylic acids is 1. The molecule has 1 aliphatic rings. The van der Waals surface area contributed by atoms with Gasteiger partial charge in [-0.2, -0.15) is 0 Å². The van der Waals surface area contributed by atoms with Gasteiger partial charge in [-0.1, -0.05) is 23.2 Å². The molecule has 0 aromatic heterocycles. The maximum Gasteiger partial charge on any atom is 0.193 e. The predicted molar refractivity (Wildman–Crippen MR) is 81.9 cm³/mol. The quantitative estimate of drug-likeness (QED) is 0.769. The van der Waals surface area contributed by atoms with E-state index in [1.807, 2.05) is 0 Å². The van der Waals surface area contributed by atoms with Crippen LogP contribution in [0.4, 0.5) is 0 Å². The van der Waals surface area contributed by atoms with Gasteiger partial charge in [0.25, 0.3) is 0 Å². The number of ether oxygens (including phenoxy) is 2. The van der Waals surface area contributed by atoms with E-state index in [9.17, 15) is 4.79 Å². The summed E-state index contributed by atoms with van der Waals surface area (Å²) in [5.41, 5.74) is 1.01. The summed E-state index contributed by atoms with van der Waals surface area (Å²) in [5.74, 6) is 1.13. The van der Waals surface area contributed by atoms with E-state index in [2.05, 4.69) is 0 Å². The highest BCUT2D eigenvalue weighted by molar-refractivity contribution is 6.42. The van der Waals surface area contributed by atoms with Gasteiger partial charge >= 0.3 is 0 Å². The lowest BCUT2D eigenvalue weighted by molar-refractivity contribution is 0.103. The third kappa shape index (κ3) is 2.99. The number of fused-ring (bicyclic) bond motifs is 1. The SMILES string of the molecule is O=C(c1ccc(Cl)c(Cl)c1)c1ccc2c(c1)OCCCO2. The molecule has 2 aromatic carbocycles. The van der Waals surface area contributed by atoms with Gasteiger partial charge in [-0.15, -0.1) is 0 Å². The van der Waals surface area contributed by atoms with Crippen LogP contribution in [-0.4, -0.2) is 19.0 Å². The van der Waals surface area contributed by atoms with Gasteiger partial charge < -0.3 is 9.47 Å². The number of ketones is 1. The fraction of sp³-hybridized carbons (Fsp3) is 0.188. The van der Waals surface area contributed by atoms with Crippen molar-refractivity contribution in [3.63, 3.8) is 0 Å². The third-order valence-electron chi connectivity index (χ3n) is 3.19. The summed E-state index contributed by atoms with van der Waals surface area (Å²) in [6.07, 6.45) is 0.824. The number of halogens is 2. The highest BCUT2D eigenvalue weighted by Gasteiger charge is 2.16. The molecule has 3 nitrogen and oxygen atoms in total. The van der Waals surface area contributed by atoms with Gasteiger partial charge in [0.1, 0.15) is 0 Å². The fourth-order valence-electron chi connectivity index (χ4n) is 2.11. The minimum atomic E-state index is -0.135.